The first-order chi connectivity index (χ1) is 11.9. The Morgan fingerprint density at radius 1 is 1.20 bits per heavy atom. The molecule has 25 heavy (non-hydrogen) atoms. The zero-order valence-electron chi connectivity index (χ0n) is 14.1. The van der Waals surface area contributed by atoms with Gasteiger partial charge in [-0.25, -0.2) is 0 Å². The number of phenols is 3. The number of phenolic OH excluding ortho intramolecular Hbond substituents is 3. The van der Waals surface area contributed by atoms with E-state index in [4.69, 9.17) is 4.74 Å². The molecular formula is C20H22O5. The summed E-state index contributed by atoms with van der Waals surface area (Å²) in [5.41, 5.74) is 1.42. The van der Waals surface area contributed by atoms with Crippen molar-refractivity contribution in [2.75, 3.05) is 13.2 Å². The molecule has 0 fully saturated rings. The van der Waals surface area contributed by atoms with Gasteiger partial charge in [-0.1, -0.05) is 12.1 Å². The molecule has 0 radical (unpaired) electrons. The van der Waals surface area contributed by atoms with Gasteiger partial charge in [-0.15, -0.1) is 6.58 Å². The SMILES string of the molecule is C=CC(C)(CO)c1cc2c(cc1O)OCC(c1ccc(O)cc1O)C2. The molecule has 5 heteroatoms. The van der Waals surface area contributed by atoms with E-state index in [1.807, 2.05) is 6.07 Å². The number of hydrogen-bond acceptors (Lipinski definition) is 5. The standard InChI is InChI=1S/C20H22O5/c1-3-20(2,11-21)16-7-12-6-13(10-25-19(12)9-18(16)24)15-5-4-14(22)8-17(15)23/h3-5,7-9,13,21-24H,1,6,10-11H2,2H3. The van der Waals surface area contributed by atoms with Crippen molar-refractivity contribution in [2.24, 2.45) is 0 Å². The van der Waals surface area contributed by atoms with Crippen molar-refractivity contribution in [3.8, 4) is 23.0 Å². The lowest BCUT2D eigenvalue weighted by molar-refractivity contribution is 0.231. The van der Waals surface area contributed by atoms with Crippen LogP contribution >= 0.6 is 0 Å². The van der Waals surface area contributed by atoms with Crippen LogP contribution in [-0.2, 0) is 11.8 Å². The number of benzene rings is 2. The monoisotopic (exact) mass is 342 g/mol. The Morgan fingerprint density at radius 3 is 2.60 bits per heavy atom. The summed E-state index contributed by atoms with van der Waals surface area (Å²) in [6, 6.07) is 7.93. The largest absolute Gasteiger partial charge is 0.508 e. The molecular weight excluding hydrogens is 320 g/mol. The third kappa shape index (κ3) is 3.03. The number of aliphatic hydroxyl groups is 1. The fraction of sp³-hybridized carbons (Fsp3) is 0.300. The maximum absolute atomic E-state index is 10.3. The van der Waals surface area contributed by atoms with E-state index in [0.29, 0.717) is 29.9 Å². The van der Waals surface area contributed by atoms with E-state index in [-0.39, 0.29) is 29.8 Å². The topological polar surface area (TPSA) is 90.2 Å². The van der Waals surface area contributed by atoms with E-state index in [0.717, 1.165) is 5.56 Å². The second-order valence-electron chi connectivity index (χ2n) is 6.71. The fourth-order valence-electron chi connectivity index (χ4n) is 3.22. The van der Waals surface area contributed by atoms with E-state index in [1.54, 1.807) is 25.1 Å². The van der Waals surface area contributed by atoms with Crippen molar-refractivity contribution in [1.29, 1.82) is 0 Å². The minimum absolute atomic E-state index is 0.00952. The first-order valence-electron chi connectivity index (χ1n) is 8.13. The number of aromatic hydroxyl groups is 3. The molecule has 2 unspecified atom stereocenters. The van der Waals surface area contributed by atoms with Gasteiger partial charge in [-0.2, -0.15) is 0 Å². The molecule has 1 aliphatic rings. The number of aliphatic hydroxyl groups excluding tert-OH is 1. The van der Waals surface area contributed by atoms with Crippen LogP contribution in [0, 0.1) is 0 Å². The molecule has 0 amide bonds. The van der Waals surface area contributed by atoms with Gasteiger partial charge in [0.1, 0.15) is 23.0 Å². The third-order valence-electron chi connectivity index (χ3n) is 4.93. The van der Waals surface area contributed by atoms with Gasteiger partial charge in [0.05, 0.1) is 13.2 Å². The molecule has 5 nitrogen and oxygen atoms in total. The lowest BCUT2D eigenvalue weighted by Gasteiger charge is -2.30. The average molecular weight is 342 g/mol. The van der Waals surface area contributed by atoms with Gasteiger partial charge in [-0.3, -0.25) is 0 Å². The third-order valence-corrected chi connectivity index (χ3v) is 4.93. The van der Waals surface area contributed by atoms with E-state index in [9.17, 15) is 20.4 Å². The molecule has 0 saturated heterocycles. The van der Waals surface area contributed by atoms with Crippen LogP contribution in [0.1, 0.15) is 29.5 Å². The summed E-state index contributed by atoms with van der Waals surface area (Å²) in [7, 11) is 0. The molecule has 0 bridgehead atoms. The van der Waals surface area contributed by atoms with Crippen molar-refractivity contribution >= 4 is 0 Å². The lowest BCUT2D eigenvalue weighted by Crippen LogP contribution is -2.25. The summed E-state index contributed by atoms with van der Waals surface area (Å²) in [6.45, 7) is 5.75. The van der Waals surface area contributed by atoms with Crippen molar-refractivity contribution < 1.29 is 25.2 Å². The summed E-state index contributed by atoms with van der Waals surface area (Å²) >= 11 is 0. The molecule has 2 atom stereocenters. The number of rotatable bonds is 4. The molecule has 0 spiro atoms. The number of hydrogen-bond donors (Lipinski definition) is 4. The van der Waals surface area contributed by atoms with Crippen LogP contribution in [0.4, 0.5) is 0 Å². The Bertz CT molecular complexity index is 814. The molecule has 4 N–H and O–H groups in total. The number of ether oxygens (including phenoxy) is 1. The zero-order valence-corrected chi connectivity index (χ0v) is 14.1. The Kier molecular flexibility index (Phi) is 4.35. The average Bonchev–Trinajstić information content (AvgIpc) is 2.60. The van der Waals surface area contributed by atoms with Gasteiger partial charge in [0.15, 0.2) is 0 Å². The Hall–Kier alpha value is -2.66. The van der Waals surface area contributed by atoms with E-state index in [1.165, 1.54) is 12.1 Å². The van der Waals surface area contributed by atoms with Crippen molar-refractivity contribution in [3.63, 3.8) is 0 Å². The van der Waals surface area contributed by atoms with Gasteiger partial charge in [0.2, 0.25) is 0 Å². The highest BCUT2D eigenvalue weighted by Crippen LogP contribution is 2.42. The normalized spacial score (nSPS) is 18.7. The van der Waals surface area contributed by atoms with E-state index >= 15 is 0 Å². The van der Waals surface area contributed by atoms with Crippen LogP contribution in [0.2, 0.25) is 0 Å². The minimum Gasteiger partial charge on any atom is -0.508 e. The Labute approximate surface area is 146 Å². The summed E-state index contributed by atoms with van der Waals surface area (Å²) in [5, 5.41) is 39.6. The Balaban J connectivity index is 1.98. The lowest BCUT2D eigenvalue weighted by atomic mass is 9.80. The van der Waals surface area contributed by atoms with Crippen LogP contribution in [-0.4, -0.2) is 33.6 Å². The van der Waals surface area contributed by atoms with Crippen LogP contribution in [0.5, 0.6) is 23.0 Å². The van der Waals surface area contributed by atoms with Gasteiger partial charge in [0.25, 0.3) is 0 Å². The molecule has 3 rings (SSSR count). The van der Waals surface area contributed by atoms with Crippen LogP contribution in [0.25, 0.3) is 0 Å². The predicted molar refractivity (Wildman–Crippen MR) is 94.5 cm³/mol. The molecule has 0 saturated carbocycles. The van der Waals surface area contributed by atoms with Crippen molar-refractivity contribution in [1.82, 2.24) is 0 Å². The van der Waals surface area contributed by atoms with Gasteiger partial charge in [-0.05, 0) is 31.0 Å². The molecule has 132 valence electrons. The minimum atomic E-state index is -0.757. The molecule has 2 aromatic rings. The van der Waals surface area contributed by atoms with Crippen LogP contribution < -0.4 is 4.74 Å². The quantitative estimate of drug-likeness (QED) is 0.642. The van der Waals surface area contributed by atoms with Gasteiger partial charge >= 0.3 is 0 Å². The highest BCUT2D eigenvalue weighted by atomic mass is 16.5. The molecule has 2 aromatic carbocycles. The van der Waals surface area contributed by atoms with Crippen LogP contribution in [0.3, 0.4) is 0 Å². The maximum atomic E-state index is 10.3. The highest BCUT2D eigenvalue weighted by Gasteiger charge is 2.30. The summed E-state index contributed by atoms with van der Waals surface area (Å²) < 4.78 is 5.77. The molecule has 0 aliphatic carbocycles. The van der Waals surface area contributed by atoms with Gasteiger partial charge < -0.3 is 25.2 Å². The van der Waals surface area contributed by atoms with Crippen molar-refractivity contribution in [3.05, 3.63) is 59.7 Å². The fourth-order valence-corrected chi connectivity index (χ4v) is 3.22. The van der Waals surface area contributed by atoms with E-state index in [2.05, 4.69) is 6.58 Å². The number of fused-ring (bicyclic) bond motifs is 1. The Morgan fingerprint density at radius 2 is 1.96 bits per heavy atom. The summed E-state index contributed by atoms with van der Waals surface area (Å²) in [4.78, 5) is 0. The molecule has 0 aromatic heterocycles. The second kappa shape index (κ2) is 6.33. The van der Waals surface area contributed by atoms with Crippen molar-refractivity contribution in [2.45, 2.75) is 24.7 Å². The van der Waals surface area contributed by atoms with Crippen LogP contribution in [0.15, 0.2) is 43.0 Å². The smallest absolute Gasteiger partial charge is 0.126 e. The molecule has 1 aliphatic heterocycles. The first kappa shape index (κ1) is 17.2. The zero-order chi connectivity index (χ0) is 18.2. The first-order valence-corrected chi connectivity index (χ1v) is 8.13. The maximum Gasteiger partial charge on any atom is 0.126 e. The highest BCUT2D eigenvalue weighted by molar-refractivity contribution is 5.52. The summed E-state index contributed by atoms with van der Waals surface area (Å²) in [5.74, 6) is 0.619. The second-order valence-corrected chi connectivity index (χ2v) is 6.71. The predicted octanol–water partition coefficient (Wildman–Crippen LogP) is 2.96. The van der Waals surface area contributed by atoms with Gasteiger partial charge in [0, 0.05) is 34.6 Å². The van der Waals surface area contributed by atoms with E-state index < -0.39 is 5.41 Å². The molecule has 1 heterocycles. The summed E-state index contributed by atoms with van der Waals surface area (Å²) in [6.07, 6.45) is 2.22.